The van der Waals surface area contributed by atoms with Gasteiger partial charge in [-0.1, -0.05) is 49.7 Å². The van der Waals surface area contributed by atoms with Crippen molar-refractivity contribution in [1.29, 1.82) is 0 Å². The van der Waals surface area contributed by atoms with Crippen molar-refractivity contribution < 1.29 is 29.0 Å². The highest BCUT2D eigenvalue weighted by Gasteiger charge is 2.47. The van der Waals surface area contributed by atoms with Gasteiger partial charge in [-0.25, -0.2) is 4.79 Å². The van der Waals surface area contributed by atoms with Gasteiger partial charge in [0.05, 0.1) is 30.4 Å². The third kappa shape index (κ3) is 5.47. The maximum Gasteiger partial charge on any atom is 0.338 e. The Bertz CT molecular complexity index is 1390. The van der Waals surface area contributed by atoms with E-state index in [1.807, 2.05) is 45.0 Å². The van der Waals surface area contributed by atoms with Crippen LogP contribution >= 0.6 is 0 Å². The zero-order valence-corrected chi connectivity index (χ0v) is 21.9. The Hall–Kier alpha value is -4.39. The first-order valence-corrected chi connectivity index (χ1v) is 12.6. The molecule has 0 saturated carbocycles. The van der Waals surface area contributed by atoms with E-state index in [1.165, 1.54) is 11.0 Å². The molecule has 0 aromatic heterocycles. The number of ether oxygens (including phenoxy) is 2. The van der Waals surface area contributed by atoms with Gasteiger partial charge < -0.3 is 14.6 Å². The van der Waals surface area contributed by atoms with Gasteiger partial charge in [-0.15, -0.1) is 0 Å². The maximum atomic E-state index is 13.4. The van der Waals surface area contributed by atoms with Gasteiger partial charge in [0.1, 0.15) is 11.5 Å². The normalized spacial score (nSPS) is 16.7. The summed E-state index contributed by atoms with van der Waals surface area (Å²) in [6.07, 6.45) is 0. The smallest absolute Gasteiger partial charge is 0.338 e. The zero-order chi connectivity index (χ0) is 27.4. The molecule has 3 aromatic carbocycles. The van der Waals surface area contributed by atoms with Crippen LogP contribution in [0.2, 0.25) is 0 Å². The number of aryl methyl sites for hydroxylation is 1. The Balaban J connectivity index is 1.82. The summed E-state index contributed by atoms with van der Waals surface area (Å²) in [5.74, 6) is -1.42. The number of esters is 1. The Morgan fingerprint density at radius 1 is 0.974 bits per heavy atom. The number of hydrogen-bond acceptors (Lipinski definition) is 6. The molecule has 0 spiro atoms. The minimum absolute atomic E-state index is 0.0296. The van der Waals surface area contributed by atoms with Gasteiger partial charge in [-0.3, -0.25) is 14.5 Å². The average Bonchev–Trinajstić information content (AvgIpc) is 3.17. The Kier molecular flexibility index (Phi) is 7.96. The molecule has 1 atom stereocenters. The number of aliphatic hydroxyl groups is 1. The Morgan fingerprint density at radius 2 is 1.68 bits per heavy atom. The van der Waals surface area contributed by atoms with Crippen LogP contribution in [0.25, 0.3) is 5.76 Å². The van der Waals surface area contributed by atoms with Crippen molar-refractivity contribution in [2.24, 2.45) is 5.92 Å². The second-order valence-electron chi connectivity index (χ2n) is 9.58. The van der Waals surface area contributed by atoms with Crippen molar-refractivity contribution >= 4 is 29.1 Å². The number of carbonyl (C=O) groups is 3. The van der Waals surface area contributed by atoms with Crippen LogP contribution in [0.15, 0.2) is 78.4 Å². The molecule has 38 heavy (non-hydrogen) atoms. The molecule has 0 bridgehead atoms. The lowest BCUT2D eigenvalue weighted by molar-refractivity contribution is -0.132. The minimum atomic E-state index is -0.899. The fourth-order valence-electron chi connectivity index (χ4n) is 4.38. The number of nitrogens with zero attached hydrogens (tertiary/aromatic N) is 1. The molecular weight excluding hydrogens is 482 g/mol. The largest absolute Gasteiger partial charge is 0.507 e. The van der Waals surface area contributed by atoms with Crippen LogP contribution in [0, 0.1) is 12.8 Å². The summed E-state index contributed by atoms with van der Waals surface area (Å²) < 4.78 is 10.8. The van der Waals surface area contributed by atoms with Gasteiger partial charge in [0.2, 0.25) is 0 Å². The van der Waals surface area contributed by atoms with Gasteiger partial charge in [-0.05, 0) is 67.8 Å². The van der Waals surface area contributed by atoms with Crippen molar-refractivity contribution in [3.05, 3.63) is 101 Å². The molecule has 3 aromatic rings. The molecule has 196 valence electrons. The van der Waals surface area contributed by atoms with E-state index in [-0.39, 0.29) is 23.5 Å². The molecule has 1 aliphatic rings. The summed E-state index contributed by atoms with van der Waals surface area (Å²) >= 11 is 0. The molecule has 7 heteroatoms. The van der Waals surface area contributed by atoms with Crippen molar-refractivity contribution in [3.63, 3.8) is 0 Å². The fraction of sp³-hybridized carbons (Fsp3) is 0.258. The van der Waals surface area contributed by atoms with E-state index < -0.39 is 23.7 Å². The third-order valence-electron chi connectivity index (χ3n) is 6.15. The number of benzene rings is 3. The fourth-order valence-corrected chi connectivity index (χ4v) is 4.38. The molecule has 1 unspecified atom stereocenters. The quantitative estimate of drug-likeness (QED) is 0.176. The number of anilines is 1. The minimum Gasteiger partial charge on any atom is -0.507 e. The zero-order valence-electron chi connectivity index (χ0n) is 21.9. The summed E-state index contributed by atoms with van der Waals surface area (Å²) in [5, 5.41) is 11.4. The second kappa shape index (κ2) is 11.3. The van der Waals surface area contributed by atoms with Gasteiger partial charge in [0, 0.05) is 11.3 Å². The van der Waals surface area contributed by atoms with Crippen LogP contribution in [0.1, 0.15) is 53.9 Å². The van der Waals surface area contributed by atoms with Gasteiger partial charge >= 0.3 is 5.97 Å². The number of ketones is 1. The lowest BCUT2D eigenvalue weighted by Gasteiger charge is -2.26. The predicted octanol–water partition coefficient (Wildman–Crippen LogP) is 5.83. The highest BCUT2D eigenvalue weighted by Crippen LogP contribution is 2.42. The standard InChI is InChI=1S/C31H31NO6/c1-5-37-31(36)23-10-7-11-24(17-23)32-27(22-9-6-8-20(4)16-22)26(29(34)30(32)35)28(33)21-12-14-25(15-13-21)38-18-19(2)3/h6-17,19,27,33H,5,18H2,1-4H3/b28-26+. The van der Waals surface area contributed by atoms with Gasteiger partial charge in [-0.2, -0.15) is 0 Å². The van der Waals surface area contributed by atoms with Gasteiger partial charge in [0.15, 0.2) is 0 Å². The average molecular weight is 514 g/mol. The number of Topliss-reactive ketones (excluding diaryl/α,β-unsaturated/α-hetero) is 1. The lowest BCUT2D eigenvalue weighted by Crippen LogP contribution is -2.29. The number of hydrogen-bond donors (Lipinski definition) is 1. The first-order valence-electron chi connectivity index (χ1n) is 12.6. The third-order valence-corrected chi connectivity index (χ3v) is 6.15. The number of amides is 1. The van der Waals surface area contributed by atoms with E-state index in [2.05, 4.69) is 0 Å². The number of carbonyl (C=O) groups excluding carboxylic acids is 3. The van der Waals surface area contributed by atoms with Crippen LogP contribution in [0.5, 0.6) is 5.75 Å². The first-order chi connectivity index (χ1) is 18.2. The predicted molar refractivity (Wildman–Crippen MR) is 145 cm³/mol. The molecule has 1 fully saturated rings. The van der Waals surface area contributed by atoms with Crippen LogP contribution in [-0.4, -0.2) is 36.0 Å². The molecule has 1 aliphatic heterocycles. The van der Waals surface area contributed by atoms with Crippen molar-refractivity contribution in [2.75, 3.05) is 18.1 Å². The van der Waals surface area contributed by atoms with E-state index in [0.29, 0.717) is 35.1 Å². The van der Waals surface area contributed by atoms with E-state index >= 15 is 0 Å². The van der Waals surface area contributed by atoms with E-state index in [0.717, 1.165) is 5.56 Å². The lowest BCUT2D eigenvalue weighted by atomic mass is 9.94. The Morgan fingerprint density at radius 3 is 2.34 bits per heavy atom. The number of aliphatic hydroxyl groups excluding tert-OH is 1. The topological polar surface area (TPSA) is 93.1 Å². The molecule has 1 N–H and O–H groups in total. The molecule has 0 radical (unpaired) electrons. The molecule has 7 nitrogen and oxygen atoms in total. The summed E-state index contributed by atoms with van der Waals surface area (Å²) in [6, 6.07) is 19.7. The molecule has 1 amide bonds. The van der Waals surface area contributed by atoms with E-state index in [1.54, 1.807) is 49.4 Å². The van der Waals surface area contributed by atoms with Crippen LogP contribution in [0.3, 0.4) is 0 Å². The molecule has 0 aliphatic carbocycles. The molecule has 1 heterocycles. The second-order valence-corrected chi connectivity index (χ2v) is 9.58. The van der Waals surface area contributed by atoms with Crippen molar-refractivity contribution in [1.82, 2.24) is 0 Å². The van der Waals surface area contributed by atoms with E-state index in [9.17, 15) is 19.5 Å². The maximum absolute atomic E-state index is 13.4. The summed E-state index contributed by atoms with van der Waals surface area (Å²) in [5.41, 5.74) is 2.55. The van der Waals surface area contributed by atoms with Crippen LogP contribution in [0.4, 0.5) is 5.69 Å². The van der Waals surface area contributed by atoms with E-state index in [4.69, 9.17) is 9.47 Å². The monoisotopic (exact) mass is 513 g/mol. The molecule has 4 rings (SSSR count). The van der Waals surface area contributed by atoms with Crippen LogP contribution < -0.4 is 9.64 Å². The van der Waals surface area contributed by atoms with Crippen molar-refractivity contribution in [3.8, 4) is 5.75 Å². The Labute approximate surface area is 222 Å². The van der Waals surface area contributed by atoms with Crippen molar-refractivity contribution in [2.45, 2.75) is 33.7 Å². The SMILES string of the molecule is CCOC(=O)c1cccc(N2C(=O)C(=O)/C(=C(/O)c3ccc(OCC(C)C)cc3)C2c2cccc(C)c2)c1. The highest BCUT2D eigenvalue weighted by molar-refractivity contribution is 6.51. The van der Waals surface area contributed by atoms with Gasteiger partial charge in [0.25, 0.3) is 11.7 Å². The highest BCUT2D eigenvalue weighted by atomic mass is 16.5. The summed E-state index contributed by atoms with van der Waals surface area (Å²) in [6.45, 7) is 8.47. The molecule has 1 saturated heterocycles. The summed E-state index contributed by atoms with van der Waals surface area (Å²) in [4.78, 5) is 40.5. The van der Waals surface area contributed by atoms with Crippen LogP contribution in [-0.2, 0) is 14.3 Å². The first kappa shape index (κ1) is 26.7. The molecular formula is C31H31NO6. The number of rotatable bonds is 8. The summed E-state index contributed by atoms with van der Waals surface area (Å²) in [7, 11) is 0.